The largest absolute Gasteiger partial charge is 0.492 e. The van der Waals surface area contributed by atoms with Gasteiger partial charge in [0.1, 0.15) is 12.4 Å². The lowest BCUT2D eigenvalue weighted by atomic mass is 10.1. The maximum atomic E-state index is 12.7. The summed E-state index contributed by atoms with van der Waals surface area (Å²) in [5.41, 5.74) is 4.16. The lowest BCUT2D eigenvalue weighted by molar-refractivity contribution is 0.0950. The van der Waals surface area contributed by atoms with Crippen molar-refractivity contribution in [3.63, 3.8) is 0 Å². The summed E-state index contributed by atoms with van der Waals surface area (Å²) >= 11 is 2.05. The van der Waals surface area contributed by atoms with Crippen LogP contribution in [0.2, 0.25) is 0 Å². The number of nitrogens with one attached hydrogen (secondary N) is 1. The number of ether oxygens (including phenoxy) is 1. The van der Waals surface area contributed by atoms with E-state index in [4.69, 9.17) is 4.74 Å². The molecule has 0 aromatic heterocycles. The van der Waals surface area contributed by atoms with Crippen molar-refractivity contribution in [2.75, 3.05) is 24.7 Å². The first kappa shape index (κ1) is 19.3. The molecule has 4 rings (SSSR count). The number of carbonyl (C=O) groups excluding carboxylic acids is 1. The molecule has 4 nitrogen and oxygen atoms in total. The normalized spacial score (nSPS) is 18.0. The molecule has 0 aliphatic carbocycles. The highest BCUT2D eigenvalue weighted by Crippen LogP contribution is 2.29. The van der Waals surface area contributed by atoms with Gasteiger partial charge >= 0.3 is 0 Å². The summed E-state index contributed by atoms with van der Waals surface area (Å²) in [6.45, 7) is 5.15. The molecule has 5 heteroatoms. The highest BCUT2D eigenvalue weighted by atomic mass is 32.2. The van der Waals surface area contributed by atoms with Gasteiger partial charge in [0.25, 0.3) is 5.91 Å². The molecule has 1 N–H and O–H groups in total. The number of benzene rings is 2. The quantitative estimate of drug-likeness (QED) is 0.848. The molecular formula is C23H28N2O2S. The molecule has 0 saturated carbocycles. The summed E-state index contributed by atoms with van der Waals surface area (Å²) in [5.74, 6) is 3.38. The van der Waals surface area contributed by atoms with Crippen molar-refractivity contribution in [3.05, 3.63) is 64.7 Å². The third kappa shape index (κ3) is 4.70. The predicted octanol–water partition coefficient (Wildman–Crippen LogP) is 4.02. The Morgan fingerprint density at radius 3 is 2.75 bits per heavy atom. The van der Waals surface area contributed by atoms with Gasteiger partial charge in [-0.25, -0.2) is 0 Å². The van der Waals surface area contributed by atoms with Crippen LogP contribution in [-0.4, -0.2) is 41.5 Å². The SMILES string of the molecule is Cc1ccc(CNC(=O)c2ccc3c(c2)CN(C2CCSCC2)CCO3)cc1. The third-order valence-corrected chi connectivity index (χ3v) is 6.66. The Kier molecular flexibility index (Phi) is 6.23. The maximum Gasteiger partial charge on any atom is 0.251 e. The molecule has 2 heterocycles. The van der Waals surface area contributed by atoms with Crippen molar-refractivity contribution >= 4 is 17.7 Å². The molecule has 0 unspecified atom stereocenters. The number of hydrogen-bond acceptors (Lipinski definition) is 4. The number of aryl methyl sites for hydroxylation is 1. The highest BCUT2D eigenvalue weighted by molar-refractivity contribution is 7.99. The van der Waals surface area contributed by atoms with Crippen LogP contribution in [0.4, 0.5) is 0 Å². The molecule has 1 amide bonds. The van der Waals surface area contributed by atoms with Gasteiger partial charge in [0, 0.05) is 36.8 Å². The van der Waals surface area contributed by atoms with E-state index in [0.29, 0.717) is 18.2 Å². The summed E-state index contributed by atoms with van der Waals surface area (Å²) in [4.78, 5) is 15.2. The molecule has 2 aromatic rings. The number of carbonyl (C=O) groups is 1. The zero-order valence-corrected chi connectivity index (χ0v) is 17.3. The topological polar surface area (TPSA) is 41.6 Å². The second-order valence-corrected chi connectivity index (χ2v) is 8.88. The van der Waals surface area contributed by atoms with Gasteiger partial charge in [0.15, 0.2) is 0 Å². The smallest absolute Gasteiger partial charge is 0.251 e. The minimum Gasteiger partial charge on any atom is -0.492 e. The summed E-state index contributed by atoms with van der Waals surface area (Å²) in [6, 6.07) is 14.7. The molecule has 0 bridgehead atoms. The van der Waals surface area contributed by atoms with Gasteiger partial charge in [-0.15, -0.1) is 0 Å². The van der Waals surface area contributed by atoms with E-state index in [9.17, 15) is 4.79 Å². The molecule has 148 valence electrons. The Bertz CT molecular complexity index is 816. The second-order valence-electron chi connectivity index (χ2n) is 7.65. The first-order valence-electron chi connectivity index (χ1n) is 10.1. The first-order chi connectivity index (χ1) is 13.7. The maximum absolute atomic E-state index is 12.7. The van der Waals surface area contributed by atoms with E-state index in [1.807, 2.05) is 18.2 Å². The van der Waals surface area contributed by atoms with Gasteiger partial charge in [-0.1, -0.05) is 29.8 Å². The molecular weight excluding hydrogens is 368 g/mol. The van der Waals surface area contributed by atoms with Crippen LogP contribution in [0.15, 0.2) is 42.5 Å². The number of amides is 1. The number of nitrogens with zero attached hydrogens (tertiary/aromatic N) is 1. The Morgan fingerprint density at radius 2 is 1.96 bits per heavy atom. The summed E-state index contributed by atoms with van der Waals surface area (Å²) in [7, 11) is 0. The average Bonchev–Trinajstić information content (AvgIpc) is 2.95. The van der Waals surface area contributed by atoms with E-state index < -0.39 is 0 Å². The van der Waals surface area contributed by atoms with Gasteiger partial charge in [-0.2, -0.15) is 11.8 Å². The lowest BCUT2D eigenvalue weighted by Gasteiger charge is -2.32. The molecule has 2 aromatic carbocycles. The Hall–Kier alpha value is -1.98. The van der Waals surface area contributed by atoms with Crippen LogP contribution in [-0.2, 0) is 13.1 Å². The van der Waals surface area contributed by atoms with Crippen LogP contribution in [0.1, 0.15) is 39.9 Å². The number of fused-ring (bicyclic) bond motifs is 1. The number of hydrogen-bond donors (Lipinski definition) is 1. The fourth-order valence-corrected chi connectivity index (χ4v) is 4.99. The molecule has 1 saturated heterocycles. The van der Waals surface area contributed by atoms with Gasteiger partial charge in [-0.3, -0.25) is 9.69 Å². The van der Waals surface area contributed by atoms with Gasteiger partial charge in [-0.05, 0) is 55.0 Å². The van der Waals surface area contributed by atoms with Crippen LogP contribution in [0, 0.1) is 6.92 Å². The van der Waals surface area contributed by atoms with Crippen molar-refractivity contribution in [3.8, 4) is 5.75 Å². The van der Waals surface area contributed by atoms with Crippen LogP contribution in [0.25, 0.3) is 0 Å². The van der Waals surface area contributed by atoms with Crippen LogP contribution in [0.5, 0.6) is 5.75 Å². The van der Waals surface area contributed by atoms with Crippen molar-refractivity contribution in [1.82, 2.24) is 10.2 Å². The summed E-state index contributed by atoms with van der Waals surface area (Å²) in [5, 5.41) is 3.04. The molecule has 0 atom stereocenters. The Labute approximate surface area is 171 Å². The van der Waals surface area contributed by atoms with Crippen molar-refractivity contribution < 1.29 is 9.53 Å². The minimum absolute atomic E-state index is 0.0340. The first-order valence-corrected chi connectivity index (χ1v) is 11.3. The molecule has 2 aliphatic rings. The fourth-order valence-electron chi connectivity index (χ4n) is 3.91. The van der Waals surface area contributed by atoms with E-state index in [-0.39, 0.29) is 5.91 Å². The van der Waals surface area contributed by atoms with Crippen LogP contribution >= 0.6 is 11.8 Å². The van der Waals surface area contributed by atoms with E-state index >= 15 is 0 Å². The third-order valence-electron chi connectivity index (χ3n) is 5.61. The van der Waals surface area contributed by atoms with Crippen LogP contribution < -0.4 is 10.1 Å². The molecule has 1 fully saturated rings. The van der Waals surface area contributed by atoms with Crippen LogP contribution in [0.3, 0.4) is 0 Å². The Balaban J connectivity index is 1.43. The van der Waals surface area contributed by atoms with Crippen molar-refractivity contribution in [2.24, 2.45) is 0 Å². The monoisotopic (exact) mass is 396 g/mol. The van der Waals surface area contributed by atoms with Gasteiger partial charge < -0.3 is 10.1 Å². The zero-order chi connectivity index (χ0) is 19.3. The van der Waals surface area contributed by atoms with Crippen molar-refractivity contribution in [2.45, 2.75) is 38.9 Å². The predicted molar refractivity (Wildman–Crippen MR) is 115 cm³/mol. The standard InChI is InChI=1S/C23H28N2O2S/c1-17-2-4-18(5-3-17)15-24-23(26)19-6-7-22-20(14-19)16-25(10-11-27-22)21-8-12-28-13-9-21/h2-7,14,21H,8-13,15-16H2,1H3,(H,24,26). The minimum atomic E-state index is -0.0340. The summed E-state index contributed by atoms with van der Waals surface area (Å²) < 4.78 is 5.97. The Morgan fingerprint density at radius 1 is 1.18 bits per heavy atom. The highest BCUT2D eigenvalue weighted by Gasteiger charge is 2.25. The average molecular weight is 397 g/mol. The fraction of sp³-hybridized carbons (Fsp3) is 0.435. The molecule has 28 heavy (non-hydrogen) atoms. The van der Waals surface area contributed by atoms with E-state index in [1.54, 1.807) is 0 Å². The number of rotatable bonds is 4. The van der Waals surface area contributed by atoms with E-state index in [2.05, 4.69) is 53.2 Å². The van der Waals surface area contributed by atoms with Crippen molar-refractivity contribution in [1.29, 1.82) is 0 Å². The molecule has 0 radical (unpaired) electrons. The zero-order valence-electron chi connectivity index (χ0n) is 16.4. The number of thioether (sulfide) groups is 1. The van der Waals surface area contributed by atoms with Gasteiger partial charge in [0.2, 0.25) is 0 Å². The molecule has 0 spiro atoms. The van der Waals surface area contributed by atoms with E-state index in [1.165, 1.54) is 29.9 Å². The summed E-state index contributed by atoms with van der Waals surface area (Å²) in [6.07, 6.45) is 2.49. The molecule has 2 aliphatic heterocycles. The lowest BCUT2D eigenvalue weighted by Crippen LogP contribution is -2.38. The van der Waals surface area contributed by atoms with E-state index in [0.717, 1.165) is 36.6 Å². The van der Waals surface area contributed by atoms with Gasteiger partial charge in [0.05, 0.1) is 0 Å². The second kappa shape index (κ2) is 9.01.